The number of likely N-dealkylation sites (N-methyl/N-ethyl adjacent to an activating group) is 1. The Kier molecular flexibility index (Phi) is 4.08. The first-order chi connectivity index (χ1) is 10.5. The topological polar surface area (TPSA) is 57.9 Å². The lowest BCUT2D eigenvalue weighted by molar-refractivity contribution is -0.880. The number of carboxylic acid groups (broad SMARTS) is 1. The van der Waals surface area contributed by atoms with Crippen molar-refractivity contribution >= 4 is 22.4 Å². The summed E-state index contributed by atoms with van der Waals surface area (Å²) < 4.78 is 14.1. The molecule has 1 aliphatic heterocycles. The van der Waals surface area contributed by atoms with Crippen LogP contribution in [0.1, 0.15) is 10.4 Å². The van der Waals surface area contributed by atoms with Gasteiger partial charge in [-0.1, -0.05) is 0 Å². The summed E-state index contributed by atoms with van der Waals surface area (Å²) in [5.41, 5.74) is 0.840. The maximum absolute atomic E-state index is 14.1. The lowest BCUT2D eigenvalue weighted by atomic mass is 10.1. The molecule has 2 aromatic rings. The predicted octanol–water partition coefficient (Wildman–Crippen LogP) is 0.982. The van der Waals surface area contributed by atoms with Gasteiger partial charge in [-0.05, 0) is 18.2 Å². The summed E-state index contributed by atoms with van der Waals surface area (Å²) in [6, 6.07) is 3.92. The minimum absolute atomic E-state index is 0.0567. The number of thiazole rings is 1. The monoisotopic (exact) mass is 322 g/mol. The first-order valence-corrected chi connectivity index (χ1v) is 7.97. The molecule has 0 unspecified atom stereocenters. The number of rotatable bonds is 3. The van der Waals surface area contributed by atoms with Gasteiger partial charge in [0.15, 0.2) is 5.13 Å². The van der Waals surface area contributed by atoms with Crippen LogP contribution in [0.4, 0.5) is 9.52 Å². The molecule has 1 saturated heterocycles. The van der Waals surface area contributed by atoms with E-state index in [0.717, 1.165) is 37.4 Å². The molecule has 0 saturated carbocycles. The number of carboxylic acids is 1. The number of carbonyl (C=O) groups is 1. The molecule has 1 aromatic heterocycles. The van der Waals surface area contributed by atoms with Gasteiger partial charge < -0.3 is 14.9 Å². The summed E-state index contributed by atoms with van der Waals surface area (Å²) in [7, 11) is 2.17. The van der Waals surface area contributed by atoms with Gasteiger partial charge in [0.2, 0.25) is 0 Å². The van der Waals surface area contributed by atoms with E-state index in [-0.39, 0.29) is 5.56 Å². The van der Waals surface area contributed by atoms with E-state index in [1.807, 2.05) is 5.38 Å². The molecule has 0 spiro atoms. The zero-order chi connectivity index (χ0) is 15.7. The second kappa shape index (κ2) is 6.02. The molecule has 0 bridgehead atoms. The highest BCUT2D eigenvalue weighted by atomic mass is 32.1. The highest BCUT2D eigenvalue weighted by Gasteiger charge is 2.20. The summed E-state index contributed by atoms with van der Waals surface area (Å²) in [6.07, 6.45) is 0. The average Bonchev–Trinajstić information content (AvgIpc) is 2.97. The maximum atomic E-state index is 14.1. The van der Waals surface area contributed by atoms with Gasteiger partial charge >= 0.3 is 5.97 Å². The van der Waals surface area contributed by atoms with Crippen LogP contribution in [0, 0.1) is 5.82 Å². The van der Waals surface area contributed by atoms with E-state index in [1.54, 1.807) is 0 Å². The van der Waals surface area contributed by atoms with Crippen LogP contribution < -0.4 is 9.80 Å². The zero-order valence-corrected chi connectivity index (χ0v) is 13.0. The van der Waals surface area contributed by atoms with E-state index in [0.29, 0.717) is 11.3 Å². The number of aromatic nitrogens is 1. The van der Waals surface area contributed by atoms with Crippen molar-refractivity contribution in [2.24, 2.45) is 0 Å². The summed E-state index contributed by atoms with van der Waals surface area (Å²) in [5, 5.41) is 11.6. The Balaban J connectivity index is 1.83. The van der Waals surface area contributed by atoms with E-state index in [2.05, 4.69) is 16.9 Å². The standard InChI is InChI=1S/C15H16FN3O2S/c1-18-4-6-19(7-5-18)15-17-13(9-22-15)11-3-2-10(14(20)21)8-12(11)16/h2-3,8-9H,4-7H2,1H3,(H,20,21)/p+1. The summed E-state index contributed by atoms with van der Waals surface area (Å²) in [4.78, 5) is 19.1. The number of hydrogen-bond donors (Lipinski definition) is 2. The third-order valence-corrected chi connectivity index (χ3v) is 4.77. The second-order valence-electron chi connectivity index (χ2n) is 5.46. The number of hydrogen-bond acceptors (Lipinski definition) is 4. The van der Waals surface area contributed by atoms with Crippen LogP contribution in [-0.4, -0.2) is 49.3 Å². The largest absolute Gasteiger partial charge is 0.478 e. The molecule has 1 fully saturated rings. The molecule has 1 aliphatic rings. The molecule has 2 heterocycles. The van der Waals surface area contributed by atoms with E-state index < -0.39 is 11.8 Å². The van der Waals surface area contributed by atoms with Gasteiger partial charge in [0.1, 0.15) is 5.82 Å². The highest BCUT2D eigenvalue weighted by molar-refractivity contribution is 7.14. The number of anilines is 1. The lowest BCUT2D eigenvalue weighted by Crippen LogP contribution is -3.12. The van der Waals surface area contributed by atoms with Crippen molar-refractivity contribution < 1.29 is 19.2 Å². The minimum atomic E-state index is -1.13. The van der Waals surface area contributed by atoms with Gasteiger partial charge in [-0.15, -0.1) is 11.3 Å². The molecule has 0 radical (unpaired) electrons. The van der Waals surface area contributed by atoms with Crippen molar-refractivity contribution in [3.05, 3.63) is 35.0 Å². The third kappa shape index (κ3) is 2.95. The van der Waals surface area contributed by atoms with Gasteiger partial charge in [0.25, 0.3) is 0 Å². The molecule has 7 heteroatoms. The number of nitrogens with zero attached hydrogens (tertiary/aromatic N) is 2. The number of benzene rings is 1. The summed E-state index contributed by atoms with van der Waals surface area (Å²) in [5.74, 6) is -1.69. The number of quaternary nitrogens is 1. The van der Waals surface area contributed by atoms with Crippen LogP contribution in [0.5, 0.6) is 0 Å². The van der Waals surface area contributed by atoms with Crippen molar-refractivity contribution in [1.82, 2.24) is 4.98 Å². The fourth-order valence-corrected chi connectivity index (χ4v) is 3.35. The molecule has 1 aromatic carbocycles. The summed E-state index contributed by atoms with van der Waals surface area (Å²) >= 11 is 1.49. The molecule has 2 N–H and O–H groups in total. The summed E-state index contributed by atoms with van der Waals surface area (Å²) in [6.45, 7) is 4.02. The SMILES string of the molecule is C[NH+]1CCN(c2nc(-c3ccc(C(=O)O)cc3F)cs2)CC1. The van der Waals surface area contributed by atoms with Gasteiger partial charge in [0.05, 0.1) is 44.5 Å². The number of halogens is 1. The molecule has 22 heavy (non-hydrogen) atoms. The molecule has 5 nitrogen and oxygen atoms in total. The fourth-order valence-electron chi connectivity index (χ4n) is 2.47. The normalized spacial score (nSPS) is 16.0. The lowest BCUT2D eigenvalue weighted by Gasteiger charge is -2.29. The molecular formula is C15H17FN3O2S+. The quantitative estimate of drug-likeness (QED) is 0.885. The van der Waals surface area contributed by atoms with Gasteiger partial charge in [0, 0.05) is 10.9 Å². The van der Waals surface area contributed by atoms with Crippen molar-refractivity contribution in [3.63, 3.8) is 0 Å². The van der Waals surface area contributed by atoms with E-state index in [4.69, 9.17) is 5.11 Å². The highest BCUT2D eigenvalue weighted by Crippen LogP contribution is 2.29. The van der Waals surface area contributed by atoms with Crippen molar-refractivity contribution in [1.29, 1.82) is 0 Å². The average molecular weight is 322 g/mol. The van der Waals surface area contributed by atoms with E-state index >= 15 is 0 Å². The molecule has 0 aliphatic carbocycles. The van der Waals surface area contributed by atoms with Gasteiger partial charge in [-0.25, -0.2) is 14.2 Å². The Bertz CT molecular complexity index is 696. The van der Waals surface area contributed by atoms with E-state index in [1.165, 1.54) is 28.4 Å². The van der Waals surface area contributed by atoms with Crippen molar-refractivity contribution in [2.45, 2.75) is 0 Å². The van der Waals surface area contributed by atoms with Gasteiger partial charge in [-0.2, -0.15) is 0 Å². The van der Waals surface area contributed by atoms with Crippen LogP contribution in [-0.2, 0) is 0 Å². The predicted molar refractivity (Wildman–Crippen MR) is 83.3 cm³/mol. The minimum Gasteiger partial charge on any atom is -0.478 e. The van der Waals surface area contributed by atoms with Crippen LogP contribution in [0.2, 0.25) is 0 Å². The zero-order valence-electron chi connectivity index (χ0n) is 12.2. The van der Waals surface area contributed by atoms with Crippen molar-refractivity contribution in [3.8, 4) is 11.3 Å². The molecule has 116 valence electrons. The fraction of sp³-hybridized carbons (Fsp3) is 0.333. The Morgan fingerprint density at radius 1 is 1.41 bits per heavy atom. The Morgan fingerprint density at radius 3 is 2.77 bits per heavy atom. The third-order valence-electron chi connectivity index (χ3n) is 3.87. The van der Waals surface area contributed by atoms with Crippen LogP contribution in [0.15, 0.2) is 23.6 Å². The maximum Gasteiger partial charge on any atom is 0.335 e. The number of nitrogens with one attached hydrogen (secondary N) is 1. The molecule has 0 amide bonds. The van der Waals surface area contributed by atoms with Gasteiger partial charge in [-0.3, -0.25) is 0 Å². The molecule has 0 atom stereocenters. The Labute approximate surface area is 131 Å². The van der Waals surface area contributed by atoms with Crippen molar-refractivity contribution in [2.75, 3.05) is 38.1 Å². The van der Waals surface area contributed by atoms with Crippen LogP contribution >= 0.6 is 11.3 Å². The number of piperazine rings is 1. The number of aromatic carboxylic acids is 1. The first kappa shape index (κ1) is 14.9. The van der Waals surface area contributed by atoms with E-state index in [9.17, 15) is 9.18 Å². The Hall–Kier alpha value is -1.99. The second-order valence-corrected chi connectivity index (χ2v) is 6.30. The smallest absolute Gasteiger partial charge is 0.335 e. The van der Waals surface area contributed by atoms with Crippen LogP contribution in [0.3, 0.4) is 0 Å². The molecular weight excluding hydrogens is 305 g/mol. The molecule has 3 rings (SSSR count). The first-order valence-electron chi connectivity index (χ1n) is 7.09. The Morgan fingerprint density at radius 2 is 2.14 bits per heavy atom. The van der Waals surface area contributed by atoms with Crippen LogP contribution in [0.25, 0.3) is 11.3 Å².